The second-order valence-corrected chi connectivity index (χ2v) is 11.4. The average Bonchev–Trinajstić information content (AvgIpc) is 3.46. The van der Waals surface area contributed by atoms with Crippen molar-refractivity contribution in [1.82, 2.24) is 0 Å². The van der Waals surface area contributed by atoms with Crippen molar-refractivity contribution in [3.8, 4) is 23.0 Å². The molecule has 0 atom stereocenters. The minimum atomic E-state index is -0.665. The fourth-order valence-electron chi connectivity index (χ4n) is 6.46. The van der Waals surface area contributed by atoms with Gasteiger partial charge in [0.15, 0.2) is 0 Å². The first-order valence-corrected chi connectivity index (χ1v) is 14.8. The average molecular weight is 589 g/mol. The van der Waals surface area contributed by atoms with Crippen molar-refractivity contribution < 1.29 is 38.1 Å². The van der Waals surface area contributed by atoms with Gasteiger partial charge in [0.05, 0.1) is 22.3 Å². The molecule has 8 nitrogen and oxygen atoms in total. The lowest BCUT2D eigenvalue weighted by Crippen LogP contribution is -2.28. The van der Waals surface area contributed by atoms with E-state index < -0.39 is 23.9 Å². The monoisotopic (exact) mass is 588 g/mol. The molecule has 2 aliphatic heterocycles. The molecular formula is C36H28O8. The van der Waals surface area contributed by atoms with Crippen LogP contribution in [0.2, 0.25) is 0 Å². The SMILES string of the molecule is O=C1OC(=O)c2cc(Oc3ccc(C4(c5ccc(Oc6ccc7c(c6)C(=O)OC7=O)cc5)CCCCCCC4)cc3)ccc21. The molecule has 0 saturated heterocycles. The number of fused-ring (bicyclic) bond motifs is 2. The highest BCUT2D eigenvalue weighted by atomic mass is 16.6. The normalized spacial score (nSPS) is 17.2. The fourth-order valence-corrected chi connectivity index (χ4v) is 6.46. The molecule has 0 bridgehead atoms. The maximum atomic E-state index is 12.0. The summed E-state index contributed by atoms with van der Waals surface area (Å²) < 4.78 is 21.5. The van der Waals surface area contributed by atoms with E-state index in [1.807, 2.05) is 24.3 Å². The Morgan fingerprint density at radius 1 is 0.432 bits per heavy atom. The lowest BCUT2D eigenvalue weighted by molar-refractivity contribution is 0.0425. The van der Waals surface area contributed by atoms with Crippen LogP contribution in [0.15, 0.2) is 84.9 Å². The maximum absolute atomic E-state index is 12.0. The summed E-state index contributed by atoms with van der Waals surface area (Å²) in [5, 5.41) is 0. The Kier molecular flexibility index (Phi) is 6.97. The number of hydrogen-bond acceptors (Lipinski definition) is 8. The van der Waals surface area contributed by atoms with Gasteiger partial charge in [0, 0.05) is 5.41 Å². The lowest BCUT2D eigenvalue weighted by Gasteiger charge is -2.37. The molecule has 1 saturated carbocycles. The molecule has 4 aromatic carbocycles. The van der Waals surface area contributed by atoms with Crippen LogP contribution in [-0.4, -0.2) is 23.9 Å². The van der Waals surface area contributed by atoms with E-state index in [2.05, 4.69) is 33.7 Å². The number of benzene rings is 4. The van der Waals surface area contributed by atoms with E-state index in [1.165, 1.54) is 42.5 Å². The number of hydrogen-bond donors (Lipinski definition) is 0. The van der Waals surface area contributed by atoms with Gasteiger partial charge in [0.2, 0.25) is 0 Å². The van der Waals surface area contributed by atoms with Crippen LogP contribution in [0.5, 0.6) is 23.0 Å². The number of rotatable bonds is 6. The Morgan fingerprint density at radius 2 is 0.795 bits per heavy atom. The summed E-state index contributed by atoms with van der Waals surface area (Å²) in [6, 6.07) is 25.6. The van der Waals surface area contributed by atoms with Crippen LogP contribution in [0.1, 0.15) is 97.5 Å². The highest BCUT2D eigenvalue weighted by Crippen LogP contribution is 2.44. The van der Waals surface area contributed by atoms with E-state index >= 15 is 0 Å². The van der Waals surface area contributed by atoms with Crippen molar-refractivity contribution in [2.75, 3.05) is 0 Å². The molecule has 0 unspecified atom stereocenters. The molecule has 1 aliphatic carbocycles. The van der Waals surface area contributed by atoms with Crippen molar-refractivity contribution in [1.29, 1.82) is 0 Å². The number of carbonyl (C=O) groups excluding carboxylic acids is 4. The Morgan fingerprint density at radius 3 is 1.23 bits per heavy atom. The molecule has 0 N–H and O–H groups in total. The second kappa shape index (κ2) is 11.1. The van der Waals surface area contributed by atoms with Gasteiger partial charge in [-0.25, -0.2) is 19.2 Å². The molecule has 0 aromatic heterocycles. The van der Waals surface area contributed by atoms with E-state index in [9.17, 15) is 19.2 Å². The molecule has 8 heteroatoms. The Hall–Kier alpha value is -5.24. The summed E-state index contributed by atoms with van der Waals surface area (Å²) >= 11 is 0. The van der Waals surface area contributed by atoms with E-state index in [0.29, 0.717) is 23.0 Å². The number of carbonyl (C=O) groups is 4. The van der Waals surface area contributed by atoms with Crippen LogP contribution in [0.4, 0.5) is 0 Å². The number of ether oxygens (including phenoxy) is 4. The van der Waals surface area contributed by atoms with Crippen LogP contribution in [-0.2, 0) is 14.9 Å². The third-order valence-electron chi connectivity index (χ3n) is 8.72. The van der Waals surface area contributed by atoms with Crippen LogP contribution in [0.3, 0.4) is 0 Å². The second-order valence-electron chi connectivity index (χ2n) is 11.4. The fraction of sp³-hybridized carbons (Fsp3) is 0.222. The molecule has 0 radical (unpaired) electrons. The van der Waals surface area contributed by atoms with Gasteiger partial charge in [0.25, 0.3) is 0 Å². The predicted molar refractivity (Wildman–Crippen MR) is 159 cm³/mol. The molecular weight excluding hydrogens is 560 g/mol. The van der Waals surface area contributed by atoms with Gasteiger partial charge in [-0.05, 0) is 84.6 Å². The van der Waals surface area contributed by atoms with Crippen molar-refractivity contribution in [3.63, 3.8) is 0 Å². The minimum absolute atomic E-state index is 0.188. The Balaban J connectivity index is 1.14. The highest BCUT2D eigenvalue weighted by molar-refractivity contribution is 6.15. The van der Waals surface area contributed by atoms with Gasteiger partial charge < -0.3 is 18.9 Å². The van der Waals surface area contributed by atoms with Gasteiger partial charge in [-0.15, -0.1) is 0 Å². The van der Waals surface area contributed by atoms with Gasteiger partial charge in [0.1, 0.15) is 23.0 Å². The maximum Gasteiger partial charge on any atom is 0.347 e. The predicted octanol–water partition coefficient (Wildman–Crippen LogP) is 7.92. The Bertz CT molecular complexity index is 1670. The van der Waals surface area contributed by atoms with Crippen LogP contribution < -0.4 is 9.47 Å². The van der Waals surface area contributed by atoms with Crippen LogP contribution in [0, 0.1) is 0 Å². The third-order valence-corrected chi connectivity index (χ3v) is 8.72. The quantitative estimate of drug-likeness (QED) is 0.165. The molecule has 7 rings (SSSR count). The van der Waals surface area contributed by atoms with Crippen molar-refractivity contribution in [2.45, 2.75) is 50.4 Å². The van der Waals surface area contributed by atoms with E-state index in [1.54, 1.807) is 24.3 Å². The van der Waals surface area contributed by atoms with Crippen molar-refractivity contribution in [3.05, 3.63) is 118 Å². The van der Waals surface area contributed by atoms with Gasteiger partial charge in [-0.2, -0.15) is 0 Å². The zero-order chi connectivity index (χ0) is 30.3. The van der Waals surface area contributed by atoms with Gasteiger partial charge in [-0.3, -0.25) is 0 Å². The first-order valence-electron chi connectivity index (χ1n) is 14.8. The van der Waals surface area contributed by atoms with Crippen molar-refractivity contribution in [2.24, 2.45) is 0 Å². The number of esters is 4. The van der Waals surface area contributed by atoms with Crippen LogP contribution >= 0.6 is 0 Å². The summed E-state index contributed by atoms with van der Waals surface area (Å²) in [5.41, 5.74) is 3.11. The molecule has 44 heavy (non-hydrogen) atoms. The summed E-state index contributed by atoms with van der Waals surface area (Å²) in [7, 11) is 0. The van der Waals surface area contributed by atoms with Crippen LogP contribution in [0.25, 0.3) is 0 Å². The summed E-state index contributed by atoms with van der Waals surface area (Å²) in [5.74, 6) is -0.469. The lowest BCUT2D eigenvalue weighted by atomic mass is 9.67. The largest absolute Gasteiger partial charge is 0.457 e. The third kappa shape index (κ3) is 5.02. The van der Waals surface area contributed by atoms with E-state index in [4.69, 9.17) is 9.47 Å². The molecule has 2 heterocycles. The molecule has 4 aromatic rings. The van der Waals surface area contributed by atoms with Gasteiger partial charge >= 0.3 is 23.9 Å². The summed E-state index contributed by atoms with van der Waals surface area (Å²) in [6.07, 6.45) is 7.88. The van der Waals surface area contributed by atoms with Gasteiger partial charge in [-0.1, -0.05) is 56.4 Å². The Labute approximate surface area is 253 Å². The zero-order valence-electron chi connectivity index (χ0n) is 23.8. The molecule has 0 spiro atoms. The highest BCUT2D eigenvalue weighted by Gasteiger charge is 2.35. The molecule has 220 valence electrons. The van der Waals surface area contributed by atoms with E-state index in [0.717, 1.165) is 25.7 Å². The minimum Gasteiger partial charge on any atom is -0.457 e. The first-order chi connectivity index (χ1) is 21.4. The summed E-state index contributed by atoms with van der Waals surface area (Å²) in [4.78, 5) is 47.5. The summed E-state index contributed by atoms with van der Waals surface area (Å²) in [6.45, 7) is 0. The standard InChI is InChI=1S/C36H28O8/c37-32-28-16-14-26(20-30(28)34(39)43-32)41-24-10-6-22(7-11-24)36(18-4-2-1-3-5-19-36)23-8-12-25(13-9-23)42-27-15-17-29-31(21-27)35(40)44-33(29)38/h6-17,20-21H,1-5,18-19H2. The van der Waals surface area contributed by atoms with E-state index in [-0.39, 0.29) is 27.7 Å². The topological polar surface area (TPSA) is 105 Å². The number of cyclic esters (lactones) is 4. The molecule has 1 fully saturated rings. The zero-order valence-corrected chi connectivity index (χ0v) is 23.8. The first kappa shape index (κ1) is 27.6. The smallest absolute Gasteiger partial charge is 0.347 e. The van der Waals surface area contributed by atoms with Crippen molar-refractivity contribution >= 4 is 23.9 Å². The molecule has 0 amide bonds. The molecule has 3 aliphatic rings.